The van der Waals surface area contributed by atoms with E-state index in [1.54, 1.807) is 0 Å². The van der Waals surface area contributed by atoms with Crippen LogP contribution in [0.1, 0.15) is 15.9 Å². The molecule has 22 heavy (non-hydrogen) atoms. The molecule has 2 aromatic carbocycles. The Balaban J connectivity index is 2.12. The Kier molecular flexibility index (Phi) is 5.10. The summed E-state index contributed by atoms with van der Waals surface area (Å²) >= 11 is 9.13. The number of amides is 1. The number of non-ortho nitro benzene ring substituents is 1. The van der Waals surface area contributed by atoms with Crippen LogP contribution in [0.3, 0.4) is 0 Å². The maximum atomic E-state index is 13.2. The third-order valence-corrected chi connectivity index (χ3v) is 3.94. The molecule has 0 saturated carbocycles. The van der Waals surface area contributed by atoms with Crippen molar-refractivity contribution in [2.75, 3.05) is 0 Å². The number of nitro groups is 1. The predicted octanol–water partition coefficient (Wildman–Crippen LogP) is 4.08. The van der Waals surface area contributed by atoms with Gasteiger partial charge in [0.2, 0.25) is 0 Å². The van der Waals surface area contributed by atoms with Gasteiger partial charge in [-0.1, -0.05) is 27.5 Å². The molecule has 2 aromatic rings. The highest BCUT2D eigenvalue weighted by molar-refractivity contribution is 9.10. The summed E-state index contributed by atoms with van der Waals surface area (Å²) in [7, 11) is 0. The molecule has 0 aromatic heterocycles. The van der Waals surface area contributed by atoms with Crippen molar-refractivity contribution >= 4 is 39.1 Å². The molecular formula is C14H9BrClFN2O3. The fourth-order valence-corrected chi connectivity index (χ4v) is 2.40. The van der Waals surface area contributed by atoms with E-state index in [1.165, 1.54) is 30.3 Å². The number of nitro benzene ring substituents is 1. The second-order valence-electron chi connectivity index (χ2n) is 4.34. The van der Waals surface area contributed by atoms with Crippen molar-refractivity contribution in [2.45, 2.75) is 6.54 Å². The van der Waals surface area contributed by atoms with Gasteiger partial charge in [0, 0.05) is 23.2 Å². The second kappa shape index (κ2) is 6.85. The van der Waals surface area contributed by atoms with E-state index in [1.807, 2.05) is 0 Å². The van der Waals surface area contributed by atoms with Crippen LogP contribution in [-0.2, 0) is 6.54 Å². The number of rotatable bonds is 4. The molecule has 0 heterocycles. The number of nitrogens with zero attached hydrogens (tertiary/aromatic N) is 1. The SMILES string of the molecule is O=C(NCc1cc(F)ccc1Br)c1ccc([N+](=O)[O-])cc1Cl. The average Bonchev–Trinajstić information content (AvgIpc) is 2.47. The van der Waals surface area contributed by atoms with E-state index in [-0.39, 0.29) is 22.8 Å². The van der Waals surface area contributed by atoms with E-state index in [0.717, 1.165) is 6.07 Å². The monoisotopic (exact) mass is 386 g/mol. The van der Waals surface area contributed by atoms with E-state index < -0.39 is 16.6 Å². The lowest BCUT2D eigenvalue weighted by Crippen LogP contribution is -2.23. The third-order valence-electron chi connectivity index (χ3n) is 2.86. The van der Waals surface area contributed by atoms with Crippen LogP contribution >= 0.6 is 27.5 Å². The summed E-state index contributed by atoms with van der Waals surface area (Å²) in [5.74, 6) is -0.920. The predicted molar refractivity (Wildman–Crippen MR) is 83.4 cm³/mol. The maximum absolute atomic E-state index is 13.2. The molecule has 1 N–H and O–H groups in total. The van der Waals surface area contributed by atoms with Crippen molar-refractivity contribution in [3.8, 4) is 0 Å². The van der Waals surface area contributed by atoms with E-state index in [0.29, 0.717) is 10.0 Å². The van der Waals surface area contributed by atoms with Crippen LogP contribution in [-0.4, -0.2) is 10.8 Å². The standard InChI is InChI=1S/C14H9BrClFN2O3/c15-12-4-1-9(17)5-8(12)7-18-14(20)11-3-2-10(19(21)22)6-13(11)16/h1-6H,7H2,(H,18,20). The van der Waals surface area contributed by atoms with E-state index >= 15 is 0 Å². The first kappa shape index (κ1) is 16.4. The Bertz CT molecular complexity index is 755. The molecule has 0 spiro atoms. The van der Waals surface area contributed by atoms with Gasteiger partial charge in [-0.2, -0.15) is 0 Å². The number of carbonyl (C=O) groups is 1. The molecule has 0 radical (unpaired) electrons. The highest BCUT2D eigenvalue weighted by Gasteiger charge is 2.15. The molecule has 1 amide bonds. The minimum absolute atomic E-state index is 0.0231. The third kappa shape index (κ3) is 3.80. The second-order valence-corrected chi connectivity index (χ2v) is 5.60. The van der Waals surface area contributed by atoms with Crippen molar-refractivity contribution in [1.29, 1.82) is 0 Å². The molecule has 0 unspecified atom stereocenters. The number of carbonyl (C=O) groups excluding carboxylic acids is 1. The highest BCUT2D eigenvalue weighted by Crippen LogP contribution is 2.23. The average molecular weight is 388 g/mol. The molecule has 5 nitrogen and oxygen atoms in total. The van der Waals surface area contributed by atoms with Gasteiger partial charge in [-0.05, 0) is 29.8 Å². The first-order valence-electron chi connectivity index (χ1n) is 6.04. The van der Waals surface area contributed by atoms with Crippen molar-refractivity contribution in [2.24, 2.45) is 0 Å². The van der Waals surface area contributed by atoms with Gasteiger partial charge in [-0.15, -0.1) is 0 Å². The number of hydrogen-bond acceptors (Lipinski definition) is 3. The summed E-state index contributed by atoms with van der Waals surface area (Å²) in [6.07, 6.45) is 0. The van der Waals surface area contributed by atoms with Crippen LogP contribution in [0.2, 0.25) is 5.02 Å². The summed E-state index contributed by atoms with van der Waals surface area (Å²) in [5.41, 5.74) is 0.473. The lowest BCUT2D eigenvalue weighted by Gasteiger charge is -2.08. The lowest BCUT2D eigenvalue weighted by atomic mass is 10.1. The molecular weight excluding hydrogens is 379 g/mol. The van der Waals surface area contributed by atoms with Crippen molar-refractivity contribution in [1.82, 2.24) is 5.32 Å². The number of hydrogen-bond donors (Lipinski definition) is 1. The van der Waals surface area contributed by atoms with Crippen molar-refractivity contribution in [3.05, 3.63) is 73.0 Å². The minimum Gasteiger partial charge on any atom is -0.348 e. The van der Waals surface area contributed by atoms with Gasteiger partial charge >= 0.3 is 0 Å². The molecule has 0 aliphatic rings. The zero-order chi connectivity index (χ0) is 16.3. The minimum atomic E-state index is -0.600. The molecule has 2 rings (SSSR count). The maximum Gasteiger partial charge on any atom is 0.270 e. The Labute approximate surface area is 138 Å². The Morgan fingerprint density at radius 3 is 2.68 bits per heavy atom. The molecule has 114 valence electrons. The molecule has 0 aliphatic heterocycles. The Hall–Kier alpha value is -1.99. The Morgan fingerprint density at radius 2 is 2.05 bits per heavy atom. The highest BCUT2D eigenvalue weighted by atomic mass is 79.9. The van der Waals surface area contributed by atoms with Crippen LogP contribution < -0.4 is 5.32 Å². The first-order valence-corrected chi connectivity index (χ1v) is 7.21. The number of benzene rings is 2. The first-order chi connectivity index (χ1) is 10.4. The van der Waals surface area contributed by atoms with Crippen LogP contribution in [0.25, 0.3) is 0 Å². The van der Waals surface area contributed by atoms with Crippen LogP contribution in [0, 0.1) is 15.9 Å². The fraction of sp³-hybridized carbons (Fsp3) is 0.0714. The smallest absolute Gasteiger partial charge is 0.270 e. The van der Waals surface area contributed by atoms with Crippen LogP contribution in [0.5, 0.6) is 0 Å². The van der Waals surface area contributed by atoms with Crippen LogP contribution in [0.15, 0.2) is 40.9 Å². The van der Waals surface area contributed by atoms with E-state index in [2.05, 4.69) is 21.2 Å². The zero-order valence-corrected chi connectivity index (χ0v) is 13.3. The summed E-state index contributed by atoms with van der Waals surface area (Å²) in [6.45, 7) is 0.0878. The molecule has 0 saturated heterocycles. The Morgan fingerprint density at radius 1 is 1.32 bits per heavy atom. The molecule has 0 aliphatic carbocycles. The summed E-state index contributed by atoms with van der Waals surface area (Å²) in [6, 6.07) is 7.70. The van der Waals surface area contributed by atoms with Gasteiger partial charge in [-0.25, -0.2) is 4.39 Å². The lowest BCUT2D eigenvalue weighted by molar-refractivity contribution is -0.384. The number of halogens is 3. The normalized spacial score (nSPS) is 10.3. The quantitative estimate of drug-likeness (QED) is 0.634. The molecule has 0 atom stereocenters. The summed E-state index contributed by atoms with van der Waals surface area (Å²) in [5, 5.41) is 13.2. The van der Waals surface area contributed by atoms with Crippen molar-refractivity contribution in [3.63, 3.8) is 0 Å². The van der Waals surface area contributed by atoms with Gasteiger partial charge in [0.1, 0.15) is 5.82 Å². The van der Waals surface area contributed by atoms with Gasteiger partial charge in [0.25, 0.3) is 11.6 Å². The summed E-state index contributed by atoms with van der Waals surface area (Å²) in [4.78, 5) is 22.1. The fourth-order valence-electron chi connectivity index (χ4n) is 1.75. The van der Waals surface area contributed by atoms with Gasteiger partial charge < -0.3 is 5.32 Å². The van der Waals surface area contributed by atoms with Gasteiger partial charge in [0.15, 0.2) is 0 Å². The summed E-state index contributed by atoms with van der Waals surface area (Å²) < 4.78 is 13.8. The molecule has 0 fully saturated rings. The van der Waals surface area contributed by atoms with Crippen LogP contribution in [0.4, 0.5) is 10.1 Å². The van der Waals surface area contributed by atoms with E-state index in [4.69, 9.17) is 11.6 Å². The largest absolute Gasteiger partial charge is 0.348 e. The van der Waals surface area contributed by atoms with Gasteiger partial charge in [-0.3, -0.25) is 14.9 Å². The molecule has 8 heteroatoms. The number of nitrogens with one attached hydrogen (secondary N) is 1. The zero-order valence-electron chi connectivity index (χ0n) is 11.0. The van der Waals surface area contributed by atoms with Gasteiger partial charge in [0.05, 0.1) is 15.5 Å². The van der Waals surface area contributed by atoms with E-state index in [9.17, 15) is 19.3 Å². The molecule has 0 bridgehead atoms. The topological polar surface area (TPSA) is 72.2 Å². The van der Waals surface area contributed by atoms with Crippen molar-refractivity contribution < 1.29 is 14.1 Å².